The van der Waals surface area contributed by atoms with Crippen molar-refractivity contribution in [3.05, 3.63) is 48.0 Å². The fourth-order valence-electron chi connectivity index (χ4n) is 1.69. The lowest BCUT2D eigenvalue weighted by Gasteiger charge is -2.12. The lowest BCUT2D eigenvalue weighted by Crippen LogP contribution is -2.14. The minimum Gasteiger partial charge on any atom is -0.389 e. The second-order valence-electron chi connectivity index (χ2n) is 4.14. The Bertz CT molecular complexity index is 561. The number of carbonyl (C=O) groups excluding carboxylic acids is 1. The van der Waals surface area contributed by atoms with Crippen LogP contribution in [-0.4, -0.2) is 20.6 Å². The Kier molecular flexibility index (Phi) is 3.43. The number of para-hydroxylation sites is 1. The Labute approximate surface area is 105 Å². The van der Waals surface area contributed by atoms with E-state index in [0.29, 0.717) is 16.9 Å². The zero-order valence-electron chi connectivity index (χ0n) is 10.3. The van der Waals surface area contributed by atoms with Crippen LogP contribution >= 0.6 is 0 Å². The van der Waals surface area contributed by atoms with E-state index >= 15 is 0 Å². The molecule has 94 valence electrons. The summed E-state index contributed by atoms with van der Waals surface area (Å²) in [6.45, 7) is 1.66. The molecule has 18 heavy (non-hydrogen) atoms. The molecule has 0 saturated carbocycles. The molecule has 1 atom stereocenters. The molecule has 5 nitrogen and oxygen atoms in total. The number of aliphatic hydroxyl groups is 1. The Morgan fingerprint density at radius 2 is 2.17 bits per heavy atom. The van der Waals surface area contributed by atoms with Gasteiger partial charge in [-0.05, 0) is 13.0 Å². The highest BCUT2D eigenvalue weighted by atomic mass is 16.3. The molecule has 0 radical (unpaired) electrons. The zero-order chi connectivity index (χ0) is 13.1. The topological polar surface area (TPSA) is 67.2 Å². The summed E-state index contributed by atoms with van der Waals surface area (Å²) in [4.78, 5) is 15.9. The van der Waals surface area contributed by atoms with E-state index in [4.69, 9.17) is 0 Å². The number of aryl methyl sites for hydroxylation is 1. The molecular weight excluding hydrogens is 230 g/mol. The zero-order valence-corrected chi connectivity index (χ0v) is 10.3. The molecule has 0 aliphatic heterocycles. The van der Waals surface area contributed by atoms with Gasteiger partial charge in [0.05, 0.1) is 12.4 Å². The molecule has 0 saturated heterocycles. The van der Waals surface area contributed by atoms with Crippen molar-refractivity contribution in [2.24, 2.45) is 7.05 Å². The van der Waals surface area contributed by atoms with Crippen LogP contribution in [-0.2, 0) is 7.05 Å². The molecule has 0 bridgehead atoms. The summed E-state index contributed by atoms with van der Waals surface area (Å²) in [7, 11) is 1.80. The highest BCUT2D eigenvalue weighted by molar-refractivity contribution is 6.03. The van der Waals surface area contributed by atoms with Crippen molar-refractivity contribution in [3.8, 4) is 0 Å². The van der Waals surface area contributed by atoms with E-state index in [9.17, 15) is 9.90 Å². The summed E-state index contributed by atoms with van der Waals surface area (Å²) in [6.07, 6.45) is 2.57. The predicted molar refractivity (Wildman–Crippen MR) is 68.2 cm³/mol. The van der Waals surface area contributed by atoms with E-state index in [2.05, 4.69) is 10.3 Å². The number of hydrogen-bond acceptors (Lipinski definition) is 3. The number of benzene rings is 1. The summed E-state index contributed by atoms with van der Waals surface area (Å²) in [5.74, 6) is -0.288. The first-order valence-electron chi connectivity index (χ1n) is 5.64. The summed E-state index contributed by atoms with van der Waals surface area (Å²) >= 11 is 0. The van der Waals surface area contributed by atoms with E-state index in [0.717, 1.165) is 0 Å². The van der Waals surface area contributed by atoms with Gasteiger partial charge in [0.15, 0.2) is 0 Å². The highest BCUT2D eigenvalue weighted by Crippen LogP contribution is 2.22. The summed E-state index contributed by atoms with van der Waals surface area (Å²) in [5.41, 5.74) is 1.63. The summed E-state index contributed by atoms with van der Waals surface area (Å²) in [6, 6.07) is 7.15. The molecule has 2 N–H and O–H groups in total. The minimum absolute atomic E-state index is 0.288. The van der Waals surface area contributed by atoms with E-state index in [-0.39, 0.29) is 5.91 Å². The molecule has 0 aliphatic carbocycles. The first-order valence-corrected chi connectivity index (χ1v) is 5.64. The van der Waals surface area contributed by atoms with Gasteiger partial charge in [0, 0.05) is 24.5 Å². The van der Waals surface area contributed by atoms with Gasteiger partial charge in [-0.1, -0.05) is 18.2 Å². The summed E-state index contributed by atoms with van der Waals surface area (Å²) < 4.78 is 1.70. The molecule has 0 fully saturated rings. The van der Waals surface area contributed by atoms with Gasteiger partial charge in [0.2, 0.25) is 0 Å². The predicted octanol–water partition coefficient (Wildman–Crippen LogP) is 1.73. The fraction of sp³-hybridized carbons (Fsp3) is 0.231. The first kappa shape index (κ1) is 12.3. The molecule has 5 heteroatoms. The maximum absolute atomic E-state index is 11.9. The number of nitrogens with one attached hydrogen (secondary N) is 1. The van der Waals surface area contributed by atoms with Crippen molar-refractivity contribution in [1.82, 2.24) is 9.55 Å². The number of nitrogens with zero attached hydrogens (tertiary/aromatic N) is 2. The average molecular weight is 245 g/mol. The molecule has 2 rings (SSSR count). The van der Waals surface area contributed by atoms with Gasteiger partial charge in [-0.25, -0.2) is 4.98 Å². The van der Waals surface area contributed by atoms with Crippen LogP contribution in [0, 0.1) is 0 Å². The van der Waals surface area contributed by atoms with Gasteiger partial charge in [0.25, 0.3) is 5.91 Å². The first-order chi connectivity index (χ1) is 8.58. The third kappa shape index (κ3) is 2.57. The SMILES string of the molecule is CC(O)c1ccccc1NC(=O)c1cn(C)cn1. The monoisotopic (exact) mass is 245 g/mol. The van der Waals surface area contributed by atoms with Crippen LogP contribution in [0.25, 0.3) is 0 Å². The van der Waals surface area contributed by atoms with Crippen molar-refractivity contribution in [1.29, 1.82) is 0 Å². The van der Waals surface area contributed by atoms with Crippen LogP contribution in [0.1, 0.15) is 29.1 Å². The van der Waals surface area contributed by atoms with Crippen LogP contribution in [0.5, 0.6) is 0 Å². The average Bonchev–Trinajstić information content (AvgIpc) is 2.76. The Hall–Kier alpha value is -2.14. The second-order valence-corrected chi connectivity index (χ2v) is 4.14. The van der Waals surface area contributed by atoms with Gasteiger partial charge in [-0.15, -0.1) is 0 Å². The van der Waals surface area contributed by atoms with Gasteiger partial charge in [-0.3, -0.25) is 4.79 Å². The van der Waals surface area contributed by atoms with Gasteiger partial charge in [0.1, 0.15) is 5.69 Å². The molecule has 1 aromatic heterocycles. The van der Waals surface area contributed by atoms with Crippen LogP contribution < -0.4 is 5.32 Å². The lowest BCUT2D eigenvalue weighted by atomic mass is 10.1. The van der Waals surface area contributed by atoms with Gasteiger partial charge < -0.3 is 15.0 Å². The third-order valence-corrected chi connectivity index (χ3v) is 2.60. The van der Waals surface area contributed by atoms with E-state index in [1.165, 1.54) is 0 Å². The number of hydrogen-bond donors (Lipinski definition) is 2. The maximum Gasteiger partial charge on any atom is 0.275 e. The van der Waals surface area contributed by atoms with Gasteiger partial charge >= 0.3 is 0 Å². The largest absolute Gasteiger partial charge is 0.389 e. The van der Waals surface area contributed by atoms with Crippen LogP contribution in [0.15, 0.2) is 36.8 Å². The van der Waals surface area contributed by atoms with Crippen molar-refractivity contribution in [2.45, 2.75) is 13.0 Å². The van der Waals surface area contributed by atoms with Crippen molar-refractivity contribution < 1.29 is 9.90 Å². The molecule has 1 aromatic carbocycles. The number of carbonyl (C=O) groups is 1. The molecule has 0 spiro atoms. The van der Waals surface area contributed by atoms with Crippen molar-refractivity contribution in [2.75, 3.05) is 5.32 Å². The van der Waals surface area contributed by atoms with Gasteiger partial charge in [-0.2, -0.15) is 0 Å². The molecule has 1 heterocycles. The quantitative estimate of drug-likeness (QED) is 0.865. The Morgan fingerprint density at radius 1 is 1.44 bits per heavy atom. The van der Waals surface area contributed by atoms with Crippen molar-refractivity contribution >= 4 is 11.6 Å². The highest BCUT2D eigenvalue weighted by Gasteiger charge is 2.13. The number of aliphatic hydroxyl groups excluding tert-OH is 1. The normalized spacial score (nSPS) is 12.2. The Balaban J connectivity index is 2.22. The second kappa shape index (κ2) is 5.01. The van der Waals surface area contributed by atoms with Crippen LogP contribution in [0.3, 0.4) is 0 Å². The number of imidazole rings is 1. The number of rotatable bonds is 3. The number of amides is 1. The smallest absolute Gasteiger partial charge is 0.275 e. The minimum atomic E-state index is -0.634. The van der Waals surface area contributed by atoms with Crippen molar-refractivity contribution in [3.63, 3.8) is 0 Å². The molecule has 0 aliphatic rings. The lowest BCUT2D eigenvalue weighted by molar-refractivity contribution is 0.102. The standard InChI is InChI=1S/C13H15N3O2/c1-9(17)10-5-3-4-6-11(10)15-13(18)12-7-16(2)8-14-12/h3-9,17H,1-2H3,(H,15,18). The van der Waals surface area contributed by atoms with Crippen LogP contribution in [0.4, 0.5) is 5.69 Å². The number of aromatic nitrogens is 2. The fourth-order valence-corrected chi connectivity index (χ4v) is 1.69. The third-order valence-electron chi connectivity index (χ3n) is 2.60. The molecular formula is C13H15N3O2. The van der Waals surface area contributed by atoms with E-state index in [1.807, 2.05) is 6.07 Å². The van der Waals surface area contributed by atoms with E-state index in [1.54, 1.807) is 49.3 Å². The molecule has 1 unspecified atom stereocenters. The number of anilines is 1. The maximum atomic E-state index is 11.9. The van der Waals surface area contributed by atoms with E-state index < -0.39 is 6.10 Å². The summed E-state index contributed by atoms with van der Waals surface area (Å²) in [5, 5.41) is 12.4. The molecule has 2 aromatic rings. The Morgan fingerprint density at radius 3 is 2.78 bits per heavy atom. The molecule has 1 amide bonds. The van der Waals surface area contributed by atoms with Crippen LogP contribution in [0.2, 0.25) is 0 Å².